The molecule has 0 spiro atoms. The molecule has 0 fully saturated rings. The first-order valence-corrected chi connectivity index (χ1v) is 14.2. The summed E-state index contributed by atoms with van der Waals surface area (Å²) in [5.41, 5.74) is 2.80. The highest BCUT2D eigenvalue weighted by molar-refractivity contribution is 5.91. The van der Waals surface area contributed by atoms with Crippen molar-refractivity contribution in [2.45, 2.75) is 26.4 Å². The Morgan fingerprint density at radius 1 is 0.818 bits per heavy atom. The standard InChI is InChI=1S/C34H40O10/c1-5-18-40-42-25-39-31-14-8-28(9-15-31)24-41-44-33-17-16-32(23-26(33)2)43-34(35)30-12-10-29(11-13-30)27(3)38-22-7-21-37-20-6-19-36-4/h5,8-17,23H,1,3,6-7,18-22,24-25H2,2,4H3. The fourth-order valence-corrected chi connectivity index (χ4v) is 3.65. The molecule has 0 radical (unpaired) electrons. The Labute approximate surface area is 258 Å². The van der Waals surface area contributed by atoms with E-state index in [1.54, 1.807) is 67.8 Å². The zero-order valence-electron chi connectivity index (χ0n) is 25.3. The topological polar surface area (TPSA) is 100 Å². The number of ether oxygens (including phenoxy) is 5. The molecule has 0 aromatic heterocycles. The molecule has 3 aromatic rings. The van der Waals surface area contributed by atoms with Crippen molar-refractivity contribution in [2.75, 3.05) is 46.9 Å². The van der Waals surface area contributed by atoms with E-state index < -0.39 is 5.97 Å². The van der Waals surface area contributed by atoms with Gasteiger partial charge in [0, 0.05) is 38.9 Å². The lowest BCUT2D eigenvalue weighted by molar-refractivity contribution is -0.315. The van der Waals surface area contributed by atoms with Crippen molar-refractivity contribution in [2.24, 2.45) is 0 Å². The van der Waals surface area contributed by atoms with Gasteiger partial charge in [0.15, 0.2) is 5.75 Å². The van der Waals surface area contributed by atoms with E-state index in [0.29, 0.717) is 55.0 Å². The van der Waals surface area contributed by atoms with Crippen LogP contribution in [0.4, 0.5) is 0 Å². The molecule has 44 heavy (non-hydrogen) atoms. The van der Waals surface area contributed by atoms with Gasteiger partial charge in [-0.3, -0.25) is 0 Å². The molecule has 0 atom stereocenters. The van der Waals surface area contributed by atoms with Gasteiger partial charge in [-0.25, -0.2) is 9.68 Å². The van der Waals surface area contributed by atoms with E-state index in [-0.39, 0.29) is 20.0 Å². The first-order valence-electron chi connectivity index (χ1n) is 14.2. The number of carbonyl (C=O) groups is 1. The summed E-state index contributed by atoms with van der Waals surface area (Å²) < 4.78 is 27.2. The molecule has 0 saturated heterocycles. The number of methoxy groups -OCH3 is 1. The molecule has 10 heteroatoms. The Morgan fingerprint density at radius 3 is 2.23 bits per heavy atom. The van der Waals surface area contributed by atoms with Crippen LogP contribution in [0.3, 0.4) is 0 Å². The molecule has 0 unspecified atom stereocenters. The van der Waals surface area contributed by atoms with Gasteiger partial charge in [0.25, 0.3) is 0 Å². The molecule has 0 aliphatic carbocycles. The summed E-state index contributed by atoms with van der Waals surface area (Å²) in [7, 11) is 1.67. The molecule has 0 heterocycles. The van der Waals surface area contributed by atoms with Crippen LogP contribution in [0.5, 0.6) is 17.2 Å². The lowest BCUT2D eigenvalue weighted by Gasteiger charge is -2.11. The third kappa shape index (κ3) is 12.6. The van der Waals surface area contributed by atoms with Gasteiger partial charge in [-0.15, -0.1) is 6.58 Å². The van der Waals surface area contributed by atoms with E-state index in [4.69, 9.17) is 43.2 Å². The van der Waals surface area contributed by atoms with Gasteiger partial charge in [-0.1, -0.05) is 36.9 Å². The van der Waals surface area contributed by atoms with Crippen molar-refractivity contribution >= 4 is 11.7 Å². The van der Waals surface area contributed by atoms with Crippen LogP contribution in [-0.2, 0) is 35.5 Å². The summed E-state index contributed by atoms with van der Waals surface area (Å²) in [6.45, 7) is 12.2. The van der Waals surface area contributed by atoms with Crippen LogP contribution in [0.15, 0.2) is 86.0 Å². The predicted octanol–water partition coefficient (Wildman–Crippen LogP) is 6.63. The highest BCUT2D eigenvalue weighted by Gasteiger charge is 2.12. The average Bonchev–Trinajstić information content (AvgIpc) is 3.04. The Bertz CT molecular complexity index is 1290. The minimum Gasteiger partial charge on any atom is -0.494 e. The molecule has 0 aliphatic rings. The molecule has 10 nitrogen and oxygen atoms in total. The number of benzene rings is 3. The first-order chi connectivity index (χ1) is 21.5. The number of carbonyl (C=O) groups excluding carboxylic acids is 1. The van der Waals surface area contributed by atoms with Gasteiger partial charge in [-0.05, 0) is 66.9 Å². The second-order valence-corrected chi connectivity index (χ2v) is 9.42. The molecule has 0 saturated carbocycles. The van der Waals surface area contributed by atoms with Crippen molar-refractivity contribution in [1.29, 1.82) is 0 Å². The molecule has 3 rings (SSSR count). The van der Waals surface area contributed by atoms with Crippen LogP contribution in [0.2, 0.25) is 0 Å². The summed E-state index contributed by atoms with van der Waals surface area (Å²) in [5, 5.41) is 0. The third-order valence-electron chi connectivity index (χ3n) is 5.99. The molecular formula is C34H40O10. The maximum absolute atomic E-state index is 12.7. The fourth-order valence-electron chi connectivity index (χ4n) is 3.65. The van der Waals surface area contributed by atoms with Crippen LogP contribution in [0.1, 0.15) is 39.9 Å². The normalized spacial score (nSPS) is 10.7. The monoisotopic (exact) mass is 608 g/mol. The summed E-state index contributed by atoms with van der Waals surface area (Å²) >= 11 is 0. The summed E-state index contributed by atoms with van der Waals surface area (Å²) in [6, 6.07) is 19.2. The highest BCUT2D eigenvalue weighted by atomic mass is 17.2. The fraction of sp³-hybridized carbons (Fsp3) is 0.324. The maximum atomic E-state index is 12.7. The minimum absolute atomic E-state index is 0.0386. The zero-order chi connectivity index (χ0) is 31.4. The van der Waals surface area contributed by atoms with Gasteiger partial charge in [-0.2, -0.15) is 9.78 Å². The maximum Gasteiger partial charge on any atom is 0.343 e. The SMILES string of the molecule is C=CCOOCOc1ccc(COOc2ccc(OC(=O)c3ccc(C(=C)OCCCOCCCOC)cc3)cc2C)cc1. The molecular weight excluding hydrogens is 568 g/mol. The lowest BCUT2D eigenvalue weighted by atomic mass is 10.1. The molecule has 236 valence electrons. The molecule has 3 aromatic carbocycles. The Morgan fingerprint density at radius 2 is 1.52 bits per heavy atom. The number of aryl methyl sites for hydroxylation is 1. The molecule has 0 N–H and O–H groups in total. The van der Waals surface area contributed by atoms with Crippen molar-refractivity contribution in [1.82, 2.24) is 0 Å². The number of hydrogen-bond donors (Lipinski definition) is 0. The van der Waals surface area contributed by atoms with Gasteiger partial charge in [0.2, 0.25) is 6.79 Å². The largest absolute Gasteiger partial charge is 0.494 e. The lowest BCUT2D eigenvalue weighted by Crippen LogP contribution is -2.09. The van der Waals surface area contributed by atoms with Crippen molar-refractivity contribution < 1.29 is 48.0 Å². The van der Waals surface area contributed by atoms with E-state index in [2.05, 4.69) is 13.2 Å². The smallest absolute Gasteiger partial charge is 0.343 e. The van der Waals surface area contributed by atoms with Crippen LogP contribution < -0.4 is 14.4 Å². The second kappa shape index (κ2) is 19.9. The van der Waals surface area contributed by atoms with E-state index in [0.717, 1.165) is 29.5 Å². The molecule has 0 amide bonds. The van der Waals surface area contributed by atoms with Gasteiger partial charge in [0.1, 0.15) is 30.5 Å². The number of esters is 1. The van der Waals surface area contributed by atoms with Crippen molar-refractivity contribution in [3.63, 3.8) is 0 Å². The van der Waals surface area contributed by atoms with E-state index in [1.165, 1.54) is 0 Å². The zero-order valence-corrected chi connectivity index (χ0v) is 25.3. The van der Waals surface area contributed by atoms with Crippen LogP contribution in [-0.4, -0.2) is 52.9 Å². The number of hydrogen-bond acceptors (Lipinski definition) is 10. The summed E-state index contributed by atoms with van der Waals surface area (Å²) in [6.07, 6.45) is 3.19. The highest BCUT2D eigenvalue weighted by Crippen LogP contribution is 2.25. The number of rotatable bonds is 22. The van der Waals surface area contributed by atoms with E-state index in [9.17, 15) is 4.79 Å². The van der Waals surface area contributed by atoms with E-state index in [1.807, 2.05) is 19.1 Å². The van der Waals surface area contributed by atoms with Crippen molar-refractivity contribution in [3.8, 4) is 17.2 Å². The average molecular weight is 609 g/mol. The van der Waals surface area contributed by atoms with Gasteiger partial charge >= 0.3 is 5.97 Å². The Hall–Kier alpha value is -4.19. The Balaban J connectivity index is 1.37. The van der Waals surface area contributed by atoms with Gasteiger partial charge < -0.3 is 28.6 Å². The van der Waals surface area contributed by atoms with Crippen molar-refractivity contribution in [3.05, 3.63) is 108 Å². The predicted molar refractivity (Wildman–Crippen MR) is 164 cm³/mol. The Kier molecular flexibility index (Phi) is 15.5. The molecule has 0 aliphatic heterocycles. The minimum atomic E-state index is -0.485. The van der Waals surface area contributed by atoms with Crippen LogP contribution in [0, 0.1) is 6.92 Å². The van der Waals surface area contributed by atoms with E-state index >= 15 is 0 Å². The van der Waals surface area contributed by atoms with Crippen LogP contribution in [0.25, 0.3) is 5.76 Å². The quantitative estimate of drug-likeness (QED) is 0.0181. The summed E-state index contributed by atoms with van der Waals surface area (Å²) in [5.74, 6) is 1.55. The first kappa shape index (κ1) is 34.3. The second-order valence-electron chi connectivity index (χ2n) is 9.42. The van der Waals surface area contributed by atoms with Gasteiger partial charge in [0.05, 0.1) is 12.2 Å². The summed E-state index contributed by atoms with van der Waals surface area (Å²) in [4.78, 5) is 33.2. The third-order valence-corrected chi connectivity index (χ3v) is 5.99. The molecule has 0 bridgehead atoms. The van der Waals surface area contributed by atoms with Crippen LogP contribution >= 0.6 is 0 Å².